The lowest BCUT2D eigenvalue weighted by molar-refractivity contribution is 0.414. The van der Waals surface area contributed by atoms with E-state index < -0.39 is 0 Å². The Labute approximate surface area is 114 Å². The van der Waals surface area contributed by atoms with Crippen molar-refractivity contribution in [2.45, 2.75) is 33.9 Å². The van der Waals surface area contributed by atoms with Crippen molar-refractivity contribution in [1.29, 1.82) is 0 Å². The fourth-order valence-electron chi connectivity index (χ4n) is 2.50. The first-order chi connectivity index (χ1) is 9.12. The lowest BCUT2D eigenvalue weighted by Gasteiger charge is -2.11. The Morgan fingerprint density at radius 1 is 1.32 bits per heavy atom. The van der Waals surface area contributed by atoms with Crippen LogP contribution in [0.3, 0.4) is 0 Å². The van der Waals surface area contributed by atoms with E-state index >= 15 is 0 Å². The Kier molecular flexibility index (Phi) is 3.90. The first-order valence-corrected chi connectivity index (χ1v) is 6.53. The number of hydrogen-bond donors (Lipinski definition) is 1. The van der Waals surface area contributed by atoms with E-state index in [1.165, 1.54) is 11.3 Å². The van der Waals surface area contributed by atoms with Gasteiger partial charge in [-0.3, -0.25) is 4.68 Å². The van der Waals surface area contributed by atoms with Crippen molar-refractivity contribution in [3.8, 4) is 16.9 Å². The molecule has 0 atom stereocenters. The quantitative estimate of drug-likeness (QED) is 0.918. The molecule has 0 radical (unpaired) electrons. The zero-order valence-electron chi connectivity index (χ0n) is 12.0. The molecule has 1 heterocycles. The highest BCUT2D eigenvalue weighted by Gasteiger charge is 2.15. The van der Waals surface area contributed by atoms with Gasteiger partial charge >= 0.3 is 0 Å². The second-order valence-electron chi connectivity index (χ2n) is 4.59. The van der Waals surface area contributed by atoms with Gasteiger partial charge in [0.05, 0.1) is 12.8 Å². The molecule has 0 spiro atoms. The molecule has 2 rings (SSSR count). The van der Waals surface area contributed by atoms with Gasteiger partial charge in [-0.15, -0.1) is 0 Å². The minimum atomic E-state index is 0.489. The summed E-state index contributed by atoms with van der Waals surface area (Å²) in [5.41, 5.74) is 11.5. The number of methoxy groups -OCH3 is 1. The van der Waals surface area contributed by atoms with Crippen LogP contribution in [0.15, 0.2) is 18.2 Å². The summed E-state index contributed by atoms with van der Waals surface area (Å²) in [5.74, 6) is 0.836. The molecule has 102 valence electrons. The largest absolute Gasteiger partial charge is 0.497 e. The van der Waals surface area contributed by atoms with E-state index in [1.54, 1.807) is 7.11 Å². The number of benzene rings is 1. The van der Waals surface area contributed by atoms with Crippen LogP contribution in [-0.2, 0) is 13.1 Å². The number of rotatable bonds is 4. The summed E-state index contributed by atoms with van der Waals surface area (Å²) in [7, 11) is 1.67. The Hall–Kier alpha value is -1.81. The highest BCUT2D eigenvalue weighted by atomic mass is 16.5. The summed E-state index contributed by atoms with van der Waals surface area (Å²) in [6, 6.07) is 6.03. The third-order valence-electron chi connectivity index (χ3n) is 3.48. The fraction of sp³-hybridized carbons (Fsp3) is 0.400. The van der Waals surface area contributed by atoms with Gasteiger partial charge in [-0.2, -0.15) is 5.10 Å². The topological polar surface area (TPSA) is 53.1 Å². The van der Waals surface area contributed by atoms with Gasteiger partial charge in [0.25, 0.3) is 0 Å². The normalized spacial score (nSPS) is 10.8. The molecular weight excluding hydrogens is 238 g/mol. The van der Waals surface area contributed by atoms with Crippen LogP contribution in [-0.4, -0.2) is 16.9 Å². The van der Waals surface area contributed by atoms with E-state index in [1.807, 2.05) is 23.7 Å². The van der Waals surface area contributed by atoms with Crippen molar-refractivity contribution < 1.29 is 4.74 Å². The number of ether oxygens (including phenoxy) is 1. The maximum Gasteiger partial charge on any atom is 0.119 e. The molecule has 1 aromatic carbocycles. The third kappa shape index (κ3) is 2.36. The molecule has 4 heteroatoms. The minimum Gasteiger partial charge on any atom is -0.497 e. The van der Waals surface area contributed by atoms with Gasteiger partial charge in [0, 0.05) is 24.3 Å². The van der Waals surface area contributed by atoms with E-state index in [-0.39, 0.29) is 0 Å². The average Bonchev–Trinajstić information content (AvgIpc) is 2.72. The number of nitrogens with two attached hydrogens (primary N) is 1. The average molecular weight is 259 g/mol. The molecule has 0 unspecified atom stereocenters. The molecule has 19 heavy (non-hydrogen) atoms. The zero-order valence-corrected chi connectivity index (χ0v) is 12.0. The van der Waals surface area contributed by atoms with Gasteiger partial charge in [0.1, 0.15) is 5.75 Å². The van der Waals surface area contributed by atoms with Gasteiger partial charge in [-0.25, -0.2) is 0 Å². The number of aromatic nitrogens is 2. The van der Waals surface area contributed by atoms with Crippen LogP contribution in [0.5, 0.6) is 5.75 Å². The smallest absolute Gasteiger partial charge is 0.119 e. The molecule has 0 aliphatic rings. The molecule has 0 aliphatic carbocycles. The van der Waals surface area contributed by atoms with Crippen LogP contribution < -0.4 is 10.5 Å². The molecule has 1 aromatic heterocycles. The molecule has 4 nitrogen and oxygen atoms in total. The molecule has 0 aliphatic heterocycles. The lowest BCUT2D eigenvalue weighted by Crippen LogP contribution is -2.01. The summed E-state index contributed by atoms with van der Waals surface area (Å²) in [4.78, 5) is 0. The highest BCUT2D eigenvalue weighted by molar-refractivity contribution is 5.72. The maximum atomic E-state index is 5.87. The van der Waals surface area contributed by atoms with Crippen LogP contribution >= 0.6 is 0 Å². The lowest BCUT2D eigenvalue weighted by atomic mass is 9.98. The van der Waals surface area contributed by atoms with Gasteiger partial charge in [0.15, 0.2) is 0 Å². The molecule has 0 fully saturated rings. The van der Waals surface area contributed by atoms with Gasteiger partial charge in [-0.1, -0.05) is 6.07 Å². The summed E-state index contributed by atoms with van der Waals surface area (Å²) in [5, 5.41) is 4.57. The third-order valence-corrected chi connectivity index (χ3v) is 3.48. The first kappa shape index (κ1) is 13.6. The van der Waals surface area contributed by atoms with Crippen molar-refractivity contribution in [3.05, 3.63) is 35.2 Å². The van der Waals surface area contributed by atoms with Crippen molar-refractivity contribution in [2.24, 2.45) is 5.73 Å². The van der Waals surface area contributed by atoms with Crippen LogP contribution in [0.4, 0.5) is 0 Å². The molecule has 2 N–H and O–H groups in total. The van der Waals surface area contributed by atoms with Gasteiger partial charge in [0.2, 0.25) is 0 Å². The van der Waals surface area contributed by atoms with Gasteiger partial charge < -0.3 is 10.5 Å². The second-order valence-corrected chi connectivity index (χ2v) is 4.59. The van der Waals surface area contributed by atoms with E-state index in [0.29, 0.717) is 6.54 Å². The molecule has 0 saturated carbocycles. The van der Waals surface area contributed by atoms with Crippen LogP contribution in [0.25, 0.3) is 11.1 Å². The van der Waals surface area contributed by atoms with E-state index in [0.717, 1.165) is 29.1 Å². The highest BCUT2D eigenvalue weighted by Crippen LogP contribution is 2.32. The fourth-order valence-corrected chi connectivity index (χ4v) is 2.50. The predicted octanol–water partition coefficient (Wildman–Crippen LogP) is 2.65. The minimum absolute atomic E-state index is 0.489. The van der Waals surface area contributed by atoms with Crippen molar-refractivity contribution in [3.63, 3.8) is 0 Å². The Morgan fingerprint density at radius 2 is 2.05 bits per heavy atom. The first-order valence-electron chi connectivity index (χ1n) is 6.53. The SMILES string of the molecule is CCn1nc(C)c(-c2ccc(OC)cc2CN)c1C. The van der Waals surface area contributed by atoms with E-state index in [4.69, 9.17) is 10.5 Å². The number of hydrogen-bond acceptors (Lipinski definition) is 3. The Balaban J connectivity index is 2.61. The Morgan fingerprint density at radius 3 is 2.58 bits per heavy atom. The Bertz CT molecular complexity index is 587. The second kappa shape index (κ2) is 5.45. The van der Waals surface area contributed by atoms with Gasteiger partial charge in [-0.05, 0) is 44.0 Å². The molecule has 0 saturated heterocycles. The summed E-state index contributed by atoms with van der Waals surface area (Å²) < 4.78 is 7.28. The van der Waals surface area contributed by atoms with Crippen LogP contribution in [0.2, 0.25) is 0 Å². The number of nitrogens with zero attached hydrogens (tertiary/aromatic N) is 2. The van der Waals surface area contributed by atoms with Crippen LogP contribution in [0.1, 0.15) is 23.9 Å². The molecule has 0 amide bonds. The molecule has 0 bridgehead atoms. The summed E-state index contributed by atoms with van der Waals surface area (Å²) in [6.45, 7) is 7.60. The summed E-state index contributed by atoms with van der Waals surface area (Å²) in [6.07, 6.45) is 0. The molecule has 2 aromatic rings. The predicted molar refractivity (Wildman–Crippen MR) is 77.3 cm³/mol. The number of aryl methyl sites for hydroxylation is 2. The van der Waals surface area contributed by atoms with E-state index in [9.17, 15) is 0 Å². The monoisotopic (exact) mass is 259 g/mol. The van der Waals surface area contributed by atoms with Crippen LogP contribution in [0, 0.1) is 13.8 Å². The summed E-state index contributed by atoms with van der Waals surface area (Å²) >= 11 is 0. The van der Waals surface area contributed by atoms with Crippen molar-refractivity contribution in [1.82, 2.24) is 9.78 Å². The zero-order chi connectivity index (χ0) is 14.0. The maximum absolute atomic E-state index is 5.87. The molecular formula is C15H21N3O. The van der Waals surface area contributed by atoms with Crippen molar-refractivity contribution in [2.75, 3.05) is 7.11 Å². The van der Waals surface area contributed by atoms with Crippen molar-refractivity contribution >= 4 is 0 Å². The standard InChI is InChI=1S/C15H21N3O/c1-5-18-11(3)15(10(2)17-18)14-7-6-13(19-4)8-12(14)9-16/h6-8H,5,9,16H2,1-4H3. The van der Waals surface area contributed by atoms with E-state index in [2.05, 4.69) is 25.0 Å².